The van der Waals surface area contributed by atoms with Crippen LogP contribution in [0.1, 0.15) is 28.6 Å². The number of fused-ring (bicyclic) bond motifs is 1. The Labute approximate surface area is 145 Å². The summed E-state index contributed by atoms with van der Waals surface area (Å²) in [5.41, 5.74) is 4.47. The zero-order chi connectivity index (χ0) is 18.9. The molecular formula is C17H14F3N3O3. The Hall–Kier alpha value is -2.94. The van der Waals surface area contributed by atoms with E-state index in [1.54, 1.807) is 6.92 Å². The summed E-state index contributed by atoms with van der Waals surface area (Å²) in [4.78, 5) is 19.6. The molecule has 3 rings (SSSR count). The van der Waals surface area contributed by atoms with Crippen LogP contribution in [-0.2, 0) is 17.5 Å². The first-order valence-corrected chi connectivity index (χ1v) is 7.66. The number of hydrogen-bond acceptors (Lipinski definition) is 6. The molecule has 2 aromatic heterocycles. The van der Waals surface area contributed by atoms with Gasteiger partial charge in [-0.3, -0.25) is 0 Å². The van der Waals surface area contributed by atoms with E-state index in [1.807, 2.05) is 0 Å². The molecule has 0 aliphatic carbocycles. The molecule has 136 valence electrons. The lowest BCUT2D eigenvalue weighted by molar-refractivity contribution is -0.136. The maximum absolute atomic E-state index is 13.4. The summed E-state index contributed by atoms with van der Waals surface area (Å²) >= 11 is 0. The van der Waals surface area contributed by atoms with Crippen molar-refractivity contribution >= 4 is 16.9 Å². The van der Waals surface area contributed by atoms with E-state index < -0.39 is 17.7 Å². The Kier molecular flexibility index (Phi) is 4.64. The van der Waals surface area contributed by atoms with Crippen LogP contribution in [-0.4, -0.2) is 22.5 Å². The maximum Gasteiger partial charge on any atom is 0.420 e. The molecule has 0 fully saturated rings. The molecule has 0 radical (unpaired) electrons. The Balaban J connectivity index is 2.09. The van der Waals surface area contributed by atoms with E-state index in [4.69, 9.17) is 14.9 Å². The molecule has 2 heterocycles. The molecule has 2 N–H and O–H groups in total. The fourth-order valence-corrected chi connectivity index (χ4v) is 2.44. The first-order chi connectivity index (χ1) is 12.3. The first kappa shape index (κ1) is 17.9. The van der Waals surface area contributed by atoms with Crippen LogP contribution in [0.4, 0.5) is 13.2 Å². The van der Waals surface area contributed by atoms with Crippen LogP contribution in [0.15, 0.2) is 35.0 Å². The standard InChI is InChI=1S/C17H14F3N3O3/c1-2-25-16(24)11-7-22-15(23-8-11)10-3-9-4-12(6-21)26-14(9)13(5-10)17(18,19)20/h3-5,7-8H,2,6,21H2,1H3. The lowest BCUT2D eigenvalue weighted by Crippen LogP contribution is -2.07. The fourth-order valence-electron chi connectivity index (χ4n) is 2.44. The van der Waals surface area contributed by atoms with E-state index in [-0.39, 0.29) is 46.8 Å². The highest BCUT2D eigenvalue weighted by molar-refractivity contribution is 5.89. The van der Waals surface area contributed by atoms with Gasteiger partial charge in [-0.15, -0.1) is 0 Å². The van der Waals surface area contributed by atoms with Gasteiger partial charge in [0, 0.05) is 23.3 Å². The number of hydrogen-bond donors (Lipinski definition) is 1. The van der Waals surface area contributed by atoms with Gasteiger partial charge in [0.2, 0.25) is 0 Å². The molecule has 0 aliphatic heterocycles. The summed E-state index contributed by atoms with van der Waals surface area (Å²) < 4.78 is 50.2. The largest absolute Gasteiger partial charge is 0.462 e. The van der Waals surface area contributed by atoms with Crippen molar-refractivity contribution in [1.29, 1.82) is 0 Å². The quantitative estimate of drug-likeness (QED) is 0.711. The van der Waals surface area contributed by atoms with E-state index in [0.717, 1.165) is 6.07 Å². The number of carbonyl (C=O) groups is 1. The number of nitrogens with two attached hydrogens (primary N) is 1. The van der Waals surface area contributed by atoms with Crippen LogP contribution in [0.3, 0.4) is 0 Å². The minimum absolute atomic E-state index is 0.0218. The number of halogens is 3. The smallest absolute Gasteiger partial charge is 0.420 e. The molecule has 1 aromatic carbocycles. The Morgan fingerprint density at radius 2 is 1.92 bits per heavy atom. The van der Waals surface area contributed by atoms with Crippen molar-refractivity contribution < 1.29 is 27.1 Å². The van der Waals surface area contributed by atoms with Crippen molar-refractivity contribution in [2.24, 2.45) is 5.73 Å². The number of alkyl halides is 3. The fraction of sp³-hybridized carbons (Fsp3) is 0.235. The van der Waals surface area contributed by atoms with Gasteiger partial charge in [0.1, 0.15) is 11.3 Å². The van der Waals surface area contributed by atoms with Gasteiger partial charge in [-0.25, -0.2) is 14.8 Å². The van der Waals surface area contributed by atoms with E-state index in [9.17, 15) is 18.0 Å². The monoisotopic (exact) mass is 365 g/mol. The summed E-state index contributed by atoms with van der Waals surface area (Å²) in [7, 11) is 0. The molecule has 0 spiro atoms. The number of aromatic nitrogens is 2. The Morgan fingerprint density at radius 3 is 2.50 bits per heavy atom. The average Bonchev–Trinajstić information content (AvgIpc) is 3.03. The van der Waals surface area contributed by atoms with Crippen molar-refractivity contribution in [1.82, 2.24) is 9.97 Å². The summed E-state index contributed by atoms with van der Waals surface area (Å²) in [5, 5.41) is 0.244. The predicted octanol–water partition coefficient (Wildman–Crippen LogP) is 3.54. The third kappa shape index (κ3) is 3.38. The summed E-state index contributed by atoms with van der Waals surface area (Å²) in [5.74, 6) is -0.324. The molecule has 26 heavy (non-hydrogen) atoms. The molecule has 0 amide bonds. The van der Waals surface area contributed by atoms with Crippen LogP contribution in [0.25, 0.3) is 22.4 Å². The third-order valence-electron chi connectivity index (χ3n) is 3.60. The molecule has 3 aromatic rings. The van der Waals surface area contributed by atoms with Crippen LogP contribution >= 0.6 is 0 Å². The van der Waals surface area contributed by atoms with Gasteiger partial charge in [0.15, 0.2) is 5.82 Å². The maximum atomic E-state index is 13.4. The molecule has 0 bridgehead atoms. The topological polar surface area (TPSA) is 91.2 Å². The third-order valence-corrected chi connectivity index (χ3v) is 3.60. The van der Waals surface area contributed by atoms with Crippen molar-refractivity contribution in [3.63, 3.8) is 0 Å². The lowest BCUT2D eigenvalue weighted by atomic mass is 10.1. The second-order valence-corrected chi connectivity index (χ2v) is 5.37. The second kappa shape index (κ2) is 6.75. The Morgan fingerprint density at radius 1 is 1.23 bits per heavy atom. The molecule has 0 saturated heterocycles. The van der Waals surface area contributed by atoms with Crippen LogP contribution < -0.4 is 5.73 Å². The molecule has 0 aliphatic rings. The zero-order valence-electron chi connectivity index (χ0n) is 13.6. The molecular weight excluding hydrogens is 351 g/mol. The van der Waals surface area contributed by atoms with Crippen LogP contribution in [0.2, 0.25) is 0 Å². The lowest BCUT2D eigenvalue weighted by Gasteiger charge is -2.09. The van der Waals surface area contributed by atoms with Gasteiger partial charge in [0.25, 0.3) is 0 Å². The summed E-state index contributed by atoms with van der Waals surface area (Å²) in [6.07, 6.45) is -2.21. The molecule has 6 nitrogen and oxygen atoms in total. The van der Waals surface area contributed by atoms with E-state index >= 15 is 0 Å². The minimum Gasteiger partial charge on any atom is -0.462 e. The minimum atomic E-state index is -4.62. The van der Waals surface area contributed by atoms with Gasteiger partial charge in [-0.1, -0.05) is 0 Å². The molecule has 0 unspecified atom stereocenters. The number of benzene rings is 1. The number of carbonyl (C=O) groups excluding carboxylic acids is 1. The number of furan rings is 1. The van der Waals surface area contributed by atoms with E-state index in [1.165, 1.54) is 24.5 Å². The number of ether oxygens (including phenoxy) is 1. The predicted molar refractivity (Wildman–Crippen MR) is 86.1 cm³/mol. The van der Waals surface area contributed by atoms with Crippen LogP contribution in [0, 0.1) is 0 Å². The van der Waals surface area contributed by atoms with Crippen LogP contribution in [0.5, 0.6) is 0 Å². The van der Waals surface area contributed by atoms with Crippen molar-refractivity contribution in [3.05, 3.63) is 47.5 Å². The first-order valence-electron chi connectivity index (χ1n) is 7.66. The van der Waals surface area contributed by atoms with Gasteiger partial charge in [-0.05, 0) is 25.1 Å². The second-order valence-electron chi connectivity index (χ2n) is 5.37. The highest BCUT2D eigenvalue weighted by Crippen LogP contribution is 2.38. The summed E-state index contributed by atoms with van der Waals surface area (Å²) in [6, 6.07) is 3.83. The SMILES string of the molecule is CCOC(=O)c1cnc(-c2cc(C(F)(F)F)c3oc(CN)cc3c2)nc1. The van der Waals surface area contributed by atoms with Crippen molar-refractivity contribution in [2.45, 2.75) is 19.6 Å². The van der Waals surface area contributed by atoms with E-state index in [0.29, 0.717) is 0 Å². The molecule has 0 atom stereocenters. The Bertz CT molecular complexity index is 950. The van der Waals surface area contributed by atoms with Crippen molar-refractivity contribution in [2.75, 3.05) is 6.61 Å². The van der Waals surface area contributed by atoms with E-state index in [2.05, 4.69) is 9.97 Å². The number of esters is 1. The van der Waals surface area contributed by atoms with Gasteiger partial charge >= 0.3 is 12.1 Å². The number of nitrogens with zero attached hydrogens (tertiary/aromatic N) is 2. The van der Waals surface area contributed by atoms with Gasteiger partial charge < -0.3 is 14.9 Å². The van der Waals surface area contributed by atoms with Crippen molar-refractivity contribution in [3.8, 4) is 11.4 Å². The normalized spacial score (nSPS) is 11.7. The summed E-state index contributed by atoms with van der Waals surface area (Å²) in [6.45, 7) is 1.82. The molecule has 0 saturated carbocycles. The highest BCUT2D eigenvalue weighted by Gasteiger charge is 2.35. The molecule has 9 heteroatoms. The zero-order valence-corrected chi connectivity index (χ0v) is 13.6. The van der Waals surface area contributed by atoms with Gasteiger partial charge in [-0.2, -0.15) is 13.2 Å². The number of rotatable bonds is 4. The average molecular weight is 365 g/mol. The highest BCUT2D eigenvalue weighted by atomic mass is 19.4. The van der Waals surface area contributed by atoms with Gasteiger partial charge in [0.05, 0.1) is 24.3 Å².